The minimum Gasteiger partial charge on any atom is -0.393 e. The average Bonchev–Trinajstić information content (AvgIpc) is 2.87. The number of hydrogen-bond acceptors (Lipinski definition) is 4. The first kappa shape index (κ1) is 19.8. The van der Waals surface area contributed by atoms with Crippen molar-refractivity contribution in [3.8, 4) is 0 Å². The van der Waals surface area contributed by atoms with E-state index in [1.54, 1.807) is 12.2 Å². The predicted octanol–water partition coefficient (Wildman–Crippen LogP) is 3.18. The number of aliphatic hydroxyl groups excluding tert-OH is 1. The monoisotopic (exact) mass is 456 g/mol. The molecule has 4 aliphatic carbocycles. The van der Waals surface area contributed by atoms with Crippen molar-refractivity contribution in [3.63, 3.8) is 0 Å². The third-order valence-corrected chi connectivity index (χ3v) is 9.17. The summed E-state index contributed by atoms with van der Waals surface area (Å²) in [5, 5.41) is 22.5. The highest BCUT2D eigenvalue weighted by Crippen LogP contribution is 2.67. The number of fused-ring (bicyclic) bond motifs is 5. The summed E-state index contributed by atoms with van der Waals surface area (Å²) in [7, 11) is 0. The zero-order valence-corrected chi connectivity index (χ0v) is 18.0. The minimum atomic E-state index is -1.43. The van der Waals surface area contributed by atoms with Gasteiger partial charge in [0.2, 0.25) is 0 Å². The van der Waals surface area contributed by atoms with Gasteiger partial charge in [-0.1, -0.05) is 41.4 Å². The molecule has 4 rings (SSSR count). The van der Waals surface area contributed by atoms with Crippen molar-refractivity contribution in [1.82, 2.24) is 0 Å². The first-order valence-corrected chi connectivity index (χ1v) is 11.2. The first-order valence-electron chi connectivity index (χ1n) is 9.66. The summed E-state index contributed by atoms with van der Waals surface area (Å²) in [5.74, 6) is -0.319. The summed E-state index contributed by atoms with van der Waals surface area (Å²) < 4.78 is 0. The van der Waals surface area contributed by atoms with Gasteiger partial charge in [0.1, 0.15) is 5.60 Å². The Kier molecular flexibility index (Phi) is 4.59. The van der Waals surface area contributed by atoms with Crippen molar-refractivity contribution in [2.24, 2.45) is 28.6 Å². The van der Waals surface area contributed by atoms with Crippen LogP contribution in [-0.2, 0) is 9.59 Å². The summed E-state index contributed by atoms with van der Waals surface area (Å²) in [5.41, 5.74) is -1.55. The van der Waals surface area contributed by atoms with E-state index in [4.69, 9.17) is 11.6 Å². The maximum atomic E-state index is 12.6. The van der Waals surface area contributed by atoms with E-state index >= 15 is 0 Å². The second-order valence-corrected chi connectivity index (χ2v) is 10.4. The molecule has 148 valence electrons. The highest BCUT2D eigenvalue weighted by Gasteiger charge is 2.69. The fourth-order valence-corrected chi connectivity index (χ4v) is 7.78. The Morgan fingerprint density at radius 2 is 2.11 bits per heavy atom. The third-order valence-electron chi connectivity index (χ3n) is 8.22. The van der Waals surface area contributed by atoms with Crippen LogP contribution in [0.2, 0.25) is 0 Å². The molecule has 0 spiro atoms. The van der Waals surface area contributed by atoms with Gasteiger partial charge in [-0.3, -0.25) is 9.59 Å². The van der Waals surface area contributed by atoms with E-state index in [2.05, 4.69) is 22.9 Å². The predicted molar refractivity (Wildman–Crippen MR) is 107 cm³/mol. The van der Waals surface area contributed by atoms with Gasteiger partial charge in [0.05, 0.1) is 11.4 Å². The molecule has 0 aliphatic heterocycles. The molecule has 0 aromatic carbocycles. The number of allylic oxidation sites excluding steroid dienone is 4. The van der Waals surface area contributed by atoms with Gasteiger partial charge in [-0.25, -0.2) is 0 Å². The van der Waals surface area contributed by atoms with Crippen LogP contribution < -0.4 is 0 Å². The molecule has 0 bridgehead atoms. The molecule has 3 saturated carbocycles. The van der Waals surface area contributed by atoms with E-state index in [-0.39, 0.29) is 40.0 Å². The normalized spacial score (nSPS) is 51.3. The summed E-state index contributed by atoms with van der Waals surface area (Å²) in [6.07, 6.45) is 6.59. The Labute approximate surface area is 173 Å². The second kappa shape index (κ2) is 6.25. The van der Waals surface area contributed by atoms with Gasteiger partial charge in [-0.2, -0.15) is 0 Å². The smallest absolute Gasteiger partial charge is 0.178 e. The zero-order valence-electron chi connectivity index (χ0n) is 15.6. The fraction of sp³-hybridized carbons (Fsp3) is 0.714. The molecule has 27 heavy (non-hydrogen) atoms. The molecule has 4 nitrogen and oxygen atoms in total. The molecule has 8 atom stereocenters. The lowest BCUT2D eigenvalue weighted by Gasteiger charge is -2.60. The molecule has 0 amide bonds. The molecule has 0 unspecified atom stereocenters. The molecule has 0 heterocycles. The van der Waals surface area contributed by atoms with Gasteiger partial charge in [-0.05, 0) is 49.7 Å². The van der Waals surface area contributed by atoms with Crippen molar-refractivity contribution in [2.75, 3.05) is 5.33 Å². The maximum absolute atomic E-state index is 12.6. The molecule has 0 radical (unpaired) electrons. The van der Waals surface area contributed by atoms with Gasteiger partial charge in [-0.15, -0.1) is 11.6 Å². The maximum Gasteiger partial charge on any atom is 0.178 e. The Morgan fingerprint density at radius 1 is 1.41 bits per heavy atom. The van der Waals surface area contributed by atoms with Gasteiger partial charge in [0.15, 0.2) is 11.6 Å². The lowest BCUT2D eigenvalue weighted by molar-refractivity contribution is -0.174. The molecular formula is C21H26BrClO4. The Morgan fingerprint density at radius 3 is 2.78 bits per heavy atom. The average molecular weight is 458 g/mol. The Hall–Kier alpha value is -0.490. The van der Waals surface area contributed by atoms with Crippen molar-refractivity contribution >= 4 is 39.1 Å². The first-order chi connectivity index (χ1) is 12.6. The van der Waals surface area contributed by atoms with E-state index in [0.717, 1.165) is 12.0 Å². The van der Waals surface area contributed by atoms with Crippen LogP contribution in [0, 0.1) is 28.6 Å². The number of rotatable bonds is 2. The van der Waals surface area contributed by atoms with Crippen LogP contribution >= 0.6 is 27.5 Å². The Bertz CT molecular complexity index is 763. The second-order valence-electron chi connectivity index (χ2n) is 9.26. The van der Waals surface area contributed by atoms with Crippen molar-refractivity contribution in [3.05, 3.63) is 23.8 Å². The summed E-state index contributed by atoms with van der Waals surface area (Å²) >= 11 is 10.1. The molecule has 0 aromatic rings. The largest absolute Gasteiger partial charge is 0.393 e. The number of Topliss-reactive ketones (excluding diaryl/α,β-unsaturated/α-hetero) is 1. The number of alkyl halides is 2. The lowest BCUT2D eigenvalue weighted by atomic mass is 9.46. The van der Waals surface area contributed by atoms with Crippen LogP contribution in [0.25, 0.3) is 0 Å². The van der Waals surface area contributed by atoms with E-state index in [1.807, 2.05) is 13.0 Å². The number of carbonyl (C=O) groups excluding carboxylic acids is 2. The Balaban J connectivity index is 1.79. The number of halogens is 2. The quantitative estimate of drug-likeness (QED) is 0.625. The molecule has 0 saturated heterocycles. The molecule has 6 heteroatoms. The summed E-state index contributed by atoms with van der Waals surface area (Å²) in [6, 6.07) is 0. The van der Waals surface area contributed by atoms with E-state index in [1.165, 1.54) is 0 Å². The van der Waals surface area contributed by atoms with Crippen molar-refractivity contribution < 1.29 is 19.8 Å². The molecule has 2 N–H and O–H groups in total. The highest BCUT2D eigenvalue weighted by atomic mass is 79.9. The van der Waals surface area contributed by atoms with Gasteiger partial charge in [0, 0.05) is 22.1 Å². The van der Waals surface area contributed by atoms with Gasteiger partial charge >= 0.3 is 0 Å². The molecule has 0 aromatic heterocycles. The SMILES string of the molecule is C[C@]12C=CC(=O)C=C1C[C@@H](Cl)[C@@H]1[C@@H]2[C@@H](O)C[C@@]2(C)[C@H]1CC[C@]2(O)C(=O)CBr. The lowest BCUT2D eigenvalue weighted by Crippen LogP contribution is -2.63. The number of aliphatic hydroxyl groups is 2. The van der Waals surface area contributed by atoms with Crippen molar-refractivity contribution in [1.29, 1.82) is 0 Å². The molecule has 4 aliphatic rings. The van der Waals surface area contributed by atoms with E-state index in [0.29, 0.717) is 19.3 Å². The van der Waals surface area contributed by atoms with Gasteiger partial charge < -0.3 is 10.2 Å². The number of ketones is 2. The number of hydrogen-bond donors (Lipinski definition) is 2. The van der Waals surface area contributed by atoms with Crippen LogP contribution in [0.5, 0.6) is 0 Å². The van der Waals surface area contributed by atoms with E-state index in [9.17, 15) is 19.8 Å². The van der Waals surface area contributed by atoms with E-state index < -0.39 is 22.5 Å². The van der Waals surface area contributed by atoms with Crippen LogP contribution in [0.1, 0.15) is 39.5 Å². The topological polar surface area (TPSA) is 74.6 Å². The summed E-state index contributed by atoms with van der Waals surface area (Å²) in [6.45, 7) is 4.03. The standard InChI is InChI=1S/C21H26BrClO4/c1-19-5-3-12(24)7-11(19)8-14(23)17-13-4-6-21(27,16(26)10-22)20(13,2)9-15(25)18(17)19/h3,5,7,13-15,17-18,25,27H,4,6,8-10H2,1-2H3/t13-,14+,15-,17+,18-,19-,20-,21-/m0/s1. The fourth-order valence-electron chi connectivity index (χ4n) is 6.81. The summed E-state index contributed by atoms with van der Waals surface area (Å²) in [4.78, 5) is 24.5. The van der Waals surface area contributed by atoms with Crippen LogP contribution in [-0.4, -0.2) is 44.2 Å². The molecular weight excluding hydrogens is 432 g/mol. The van der Waals surface area contributed by atoms with Crippen LogP contribution in [0.4, 0.5) is 0 Å². The number of carbonyl (C=O) groups is 2. The van der Waals surface area contributed by atoms with Crippen LogP contribution in [0.15, 0.2) is 23.8 Å². The van der Waals surface area contributed by atoms with Crippen molar-refractivity contribution in [2.45, 2.75) is 56.6 Å². The van der Waals surface area contributed by atoms with Gasteiger partial charge in [0.25, 0.3) is 0 Å². The zero-order chi connectivity index (χ0) is 19.8. The minimum absolute atomic E-state index is 0.0161. The molecule has 3 fully saturated rings. The third kappa shape index (κ3) is 2.47. The van der Waals surface area contributed by atoms with Crippen LogP contribution in [0.3, 0.4) is 0 Å². The highest BCUT2D eigenvalue weighted by molar-refractivity contribution is 9.09.